The molecule has 9 nitrogen and oxygen atoms in total. The first kappa shape index (κ1) is 20.7. The topological polar surface area (TPSA) is 86.6 Å². The number of hydrogen-bond donors (Lipinski definition) is 1. The molecule has 1 aliphatic carbocycles. The summed E-state index contributed by atoms with van der Waals surface area (Å²) < 4.78 is 20.0. The molecular weight excluding hydrogens is 396 g/mol. The number of aromatic nitrogens is 4. The highest BCUT2D eigenvalue weighted by Gasteiger charge is 2.49. The van der Waals surface area contributed by atoms with E-state index in [1.54, 1.807) is 4.68 Å². The van der Waals surface area contributed by atoms with E-state index >= 15 is 0 Å². The maximum atomic E-state index is 6.16. The van der Waals surface area contributed by atoms with Crippen LogP contribution in [0.5, 0.6) is 11.8 Å². The molecule has 5 rings (SSSR count). The van der Waals surface area contributed by atoms with E-state index in [1.807, 2.05) is 43.3 Å². The standard InChI is InChI=1S/C22H32N6O3/c1-27(2)16-9-6-10-17(11-16)31-22-24-25-26-28(22)19-14-30-20-18(13-29-21(19)20)23-12-15-7-4-3-5-8-15/h6,9-11,15,18-21,23H,3-5,7-8,12-14H2,1-2H3/t18-,19-,20+,21+/m0/s1. The fraction of sp³-hybridized carbons (Fsp3) is 0.682. The minimum Gasteiger partial charge on any atom is -0.423 e. The first-order chi connectivity index (χ1) is 15.2. The van der Waals surface area contributed by atoms with Gasteiger partial charge in [0.1, 0.15) is 24.0 Å². The van der Waals surface area contributed by atoms with Crippen molar-refractivity contribution in [2.75, 3.05) is 38.8 Å². The average Bonchev–Trinajstić information content (AvgIpc) is 3.50. The van der Waals surface area contributed by atoms with Crippen LogP contribution in [-0.4, -0.2) is 72.3 Å². The summed E-state index contributed by atoms with van der Waals surface area (Å²) in [6.07, 6.45) is 6.70. The number of fused-ring (bicyclic) bond motifs is 1. The van der Waals surface area contributed by atoms with E-state index in [2.05, 4.69) is 20.8 Å². The third-order valence-corrected chi connectivity index (χ3v) is 6.74. The van der Waals surface area contributed by atoms with Gasteiger partial charge in [0.2, 0.25) is 0 Å². The molecule has 9 heteroatoms. The SMILES string of the molecule is CN(C)c1cccc(Oc2nnnn2[C@H]2CO[C@H]3[C@@H]2OC[C@@H]3NCC2CCCCC2)c1. The van der Waals surface area contributed by atoms with Crippen molar-refractivity contribution in [1.82, 2.24) is 25.5 Å². The van der Waals surface area contributed by atoms with Gasteiger partial charge >= 0.3 is 6.01 Å². The molecule has 4 atom stereocenters. The second-order valence-electron chi connectivity index (χ2n) is 9.08. The third-order valence-electron chi connectivity index (χ3n) is 6.74. The molecule has 0 amide bonds. The highest BCUT2D eigenvalue weighted by Crippen LogP contribution is 2.36. The lowest BCUT2D eigenvalue weighted by atomic mass is 9.89. The van der Waals surface area contributed by atoms with E-state index in [-0.39, 0.29) is 24.3 Å². The molecule has 3 aliphatic rings. The largest absolute Gasteiger partial charge is 0.423 e. The monoisotopic (exact) mass is 428 g/mol. The Morgan fingerprint density at radius 2 is 1.97 bits per heavy atom. The molecule has 31 heavy (non-hydrogen) atoms. The Labute approximate surface area is 183 Å². The second kappa shape index (κ2) is 9.10. The predicted molar refractivity (Wildman–Crippen MR) is 116 cm³/mol. The van der Waals surface area contributed by atoms with Crippen LogP contribution in [0.2, 0.25) is 0 Å². The number of hydrogen-bond acceptors (Lipinski definition) is 8. The van der Waals surface area contributed by atoms with Gasteiger partial charge in [-0.2, -0.15) is 4.68 Å². The van der Waals surface area contributed by atoms with Gasteiger partial charge < -0.3 is 24.4 Å². The number of ether oxygens (including phenoxy) is 3. The zero-order valence-electron chi connectivity index (χ0n) is 18.3. The molecular formula is C22H32N6O3. The van der Waals surface area contributed by atoms with Crippen LogP contribution in [0.25, 0.3) is 0 Å². The molecule has 0 unspecified atom stereocenters. The third kappa shape index (κ3) is 4.40. The molecule has 2 aromatic rings. The van der Waals surface area contributed by atoms with Crippen LogP contribution in [0, 0.1) is 5.92 Å². The Morgan fingerprint density at radius 3 is 2.81 bits per heavy atom. The summed E-state index contributed by atoms with van der Waals surface area (Å²) in [5.41, 5.74) is 1.05. The van der Waals surface area contributed by atoms with Crippen molar-refractivity contribution in [3.8, 4) is 11.8 Å². The molecule has 0 spiro atoms. The summed E-state index contributed by atoms with van der Waals surface area (Å²) in [7, 11) is 3.99. The van der Waals surface area contributed by atoms with Gasteiger partial charge in [-0.15, -0.1) is 0 Å². The zero-order chi connectivity index (χ0) is 21.2. The number of nitrogens with one attached hydrogen (secondary N) is 1. The van der Waals surface area contributed by atoms with Crippen molar-refractivity contribution < 1.29 is 14.2 Å². The van der Waals surface area contributed by atoms with Crippen LogP contribution in [0.3, 0.4) is 0 Å². The van der Waals surface area contributed by atoms with Crippen LogP contribution < -0.4 is 15.0 Å². The number of anilines is 1. The zero-order valence-corrected chi connectivity index (χ0v) is 18.3. The van der Waals surface area contributed by atoms with E-state index in [1.165, 1.54) is 32.1 Å². The van der Waals surface area contributed by atoms with E-state index in [0.717, 1.165) is 18.2 Å². The van der Waals surface area contributed by atoms with Crippen LogP contribution in [0.15, 0.2) is 24.3 Å². The number of benzene rings is 1. The van der Waals surface area contributed by atoms with E-state index in [0.29, 0.717) is 25.0 Å². The van der Waals surface area contributed by atoms with Crippen LogP contribution in [0.4, 0.5) is 5.69 Å². The lowest BCUT2D eigenvalue weighted by Crippen LogP contribution is -2.43. The van der Waals surface area contributed by atoms with Gasteiger partial charge in [0.05, 0.1) is 19.3 Å². The van der Waals surface area contributed by atoms with E-state index < -0.39 is 0 Å². The predicted octanol–water partition coefficient (Wildman–Crippen LogP) is 2.41. The Kier molecular flexibility index (Phi) is 6.06. The summed E-state index contributed by atoms with van der Waals surface area (Å²) in [5.74, 6) is 1.47. The lowest BCUT2D eigenvalue weighted by molar-refractivity contribution is 0.0610. The molecule has 1 saturated carbocycles. The molecule has 2 saturated heterocycles. The summed E-state index contributed by atoms with van der Waals surface area (Å²) in [4.78, 5) is 2.03. The van der Waals surface area contributed by atoms with Gasteiger partial charge in [-0.3, -0.25) is 0 Å². The minimum atomic E-state index is -0.103. The molecule has 0 radical (unpaired) electrons. The van der Waals surface area contributed by atoms with Gasteiger partial charge in [-0.1, -0.05) is 30.4 Å². The number of rotatable bonds is 7. The van der Waals surface area contributed by atoms with Crippen molar-refractivity contribution >= 4 is 5.69 Å². The van der Waals surface area contributed by atoms with Crippen molar-refractivity contribution in [2.24, 2.45) is 5.92 Å². The number of tetrazole rings is 1. The first-order valence-electron chi connectivity index (χ1n) is 11.4. The summed E-state index contributed by atoms with van der Waals surface area (Å²) in [6, 6.07) is 8.31. The van der Waals surface area contributed by atoms with Crippen LogP contribution >= 0.6 is 0 Å². The molecule has 1 N–H and O–H groups in total. The van der Waals surface area contributed by atoms with Gasteiger partial charge in [0.15, 0.2) is 0 Å². The molecule has 168 valence electrons. The Bertz CT molecular complexity index is 868. The molecule has 0 bridgehead atoms. The maximum absolute atomic E-state index is 6.16. The average molecular weight is 429 g/mol. The second-order valence-corrected chi connectivity index (χ2v) is 9.08. The summed E-state index contributed by atoms with van der Waals surface area (Å²) in [5, 5.41) is 15.9. The maximum Gasteiger partial charge on any atom is 0.341 e. The van der Waals surface area contributed by atoms with Gasteiger partial charge in [-0.05, 0) is 47.9 Å². The molecule has 3 fully saturated rings. The summed E-state index contributed by atoms with van der Waals surface area (Å²) in [6.45, 7) is 2.21. The summed E-state index contributed by atoms with van der Waals surface area (Å²) >= 11 is 0. The van der Waals surface area contributed by atoms with Crippen molar-refractivity contribution in [3.05, 3.63) is 24.3 Å². The smallest absolute Gasteiger partial charge is 0.341 e. The highest BCUT2D eigenvalue weighted by molar-refractivity contribution is 5.49. The van der Waals surface area contributed by atoms with Gasteiger partial charge in [0, 0.05) is 25.8 Å². The normalized spacial score (nSPS) is 28.6. The van der Waals surface area contributed by atoms with Crippen molar-refractivity contribution in [3.63, 3.8) is 0 Å². The minimum absolute atomic E-state index is 0.0164. The quantitative estimate of drug-likeness (QED) is 0.720. The van der Waals surface area contributed by atoms with Gasteiger partial charge in [0.25, 0.3) is 0 Å². The molecule has 1 aromatic carbocycles. The molecule has 1 aromatic heterocycles. The van der Waals surface area contributed by atoms with Gasteiger partial charge in [-0.25, -0.2) is 0 Å². The Morgan fingerprint density at radius 1 is 1.13 bits per heavy atom. The molecule has 2 aliphatic heterocycles. The van der Waals surface area contributed by atoms with Crippen molar-refractivity contribution in [1.29, 1.82) is 0 Å². The van der Waals surface area contributed by atoms with E-state index in [9.17, 15) is 0 Å². The van der Waals surface area contributed by atoms with Crippen molar-refractivity contribution in [2.45, 2.75) is 56.4 Å². The first-order valence-corrected chi connectivity index (χ1v) is 11.4. The fourth-order valence-corrected chi connectivity index (χ4v) is 4.96. The number of nitrogens with zero attached hydrogens (tertiary/aromatic N) is 5. The highest BCUT2D eigenvalue weighted by atomic mass is 16.6. The Balaban J connectivity index is 1.23. The lowest BCUT2D eigenvalue weighted by Gasteiger charge is -2.25. The molecule has 3 heterocycles. The van der Waals surface area contributed by atoms with E-state index in [4.69, 9.17) is 14.2 Å². The van der Waals surface area contributed by atoms with Crippen LogP contribution in [-0.2, 0) is 9.47 Å². The Hall–Kier alpha value is -2.23. The fourth-order valence-electron chi connectivity index (χ4n) is 4.96. The van der Waals surface area contributed by atoms with Crippen LogP contribution in [0.1, 0.15) is 38.1 Å².